The van der Waals surface area contributed by atoms with Crippen molar-refractivity contribution in [3.63, 3.8) is 0 Å². The fraction of sp³-hybridized carbons (Fsp3) is 1.00. The van der Waals surface area contributed by atoms with Crippen molar-refractivity contribution in [2.24, 2.45) is 0 Å². The van der Waals surface area contributed by atoms with Crippen molar-refractivity contribution in [2.45, 2.75) is 92.1 Å². The Labute approximate surface area is 192 Å². The fourth-order valence-corrected chi connectivity index (χ4v) is 3.88. The maximum atomic E-state index is 10.2. The third-order valence-corrected chi connectivity index (χ3v) is 6.03. The summed E-state index contributed by atoms with van der Waals surface area (Å²) < 4.78 is 25.9. The van der Waals surface area contributed by atoms with Gasteiger partial charge in [0, 0.05) is 0 Å². The molecule has 3 aliphatic heterocycles. The first-order valence-corrected chi connectivity index (χ1v) is 10.6. The molecule has 200 valence electrons. The Balaban J connectivity index is 1.56. The van der Waals surface area contributed by atoms with E-state index in [-0.39, 0.29) is 0 Å². The summed E-state index contributed by atoms with van der Waals surface area (Å²) in [6, 6.07) is 0. The predicted molar refractivity (Wildman–Crippen MR) is 101 cm³/mol. The van der Waals surface area contributed by atoms with Crippen LogP contribution < -0.4 is 0 Å². The summed E-state index contributed by atoms with van der Waals surface area (Å²) in [5, 5.41) is 108. The Morgan fingerprint density at radius 1 is 0.588 bits per heavy atom. The van der Waals surface area contributed by atoms with Gasteiger partial charge in [0.1, 0.15) is 73.2 Å². The molecular formula is C18H32O16. The van der Waals surface area contributed by atoms with Gasteiger partial charge in [-0.05, 0) is 0 Å². The third-order valence-electron chi connectivity index (χ3n) is 6.03. The van der Waals surface area contributed by atoms with Gasteiger partial charge in [-0.2, -0.15) is 0 Å². The Hall–Kier alpha value is -0.640. The molecule has 0 aromatic rings. The summed E-state index contributed by atoms with van der Waals surface area (Å²) in [6.45, 7) is -1.91. The average Bonchev–Trinajstić information content (AvgIpc) is 3.08. The van der Waals surface area contributed by atoms with Crippen LogP contribution in [0.4, 0.5) is 0 Å². The minimum Gasteiger partial charge on any atom is -0.394 e. The molecule has 3 rings (SSSR count). The Bertz CT molecular complexity index is 639. The average molecular weight is 504 g/mol. The normalized spacial score (nSPS) is 50.9. The van der Waals surface area contributed by atoms with Crippen LogP contribution in [0.1, 0.15) is 0 Å². The van der Waals surface area contributed by atoms with Gasteiger partial charge in [0.2, 0.25) is 0 Å². The summed E-state index contributed by atoms with van der Waals surface area (Å²) in [5.74, 6) is 0. The van der Waals surface area contributed by atoms with Gasteiger partial charge in [-0.1, -0.05) is 0 Å². The van der Waals surface area contributed by atoms with Crippen LogP contribution in [0.15, 0.2) is 0 Å². The summed E-state index contributed by atoms with van der Waals surface area (Å²) in [6.07, 6.45) is -24.1. The lowest BCUT2D eigenvalue weighted by Crippen LogP contribution is -2.62. The SMILES string of the molecule is OC[C@H]1O[C@H](OC[C@H]2O[C@H](OC[C@@H](O)[C@H]3O[C@H](O)[C@H](O)[C@H]3O)[C@H](O)[C@@H](O)[C@@H]2O)[C@H](O)[C@@H](O)[C@@H]1O. The predicted octanol–water partition coefficient (Wildman–Crippen LogP) is -7.57. The molecule has 0 unspecified atom stereocenters. The van der Waals surface area contributed by atoms with Crippen molar-refractivity contribution >= 4 is 0 Å². The van der Waals surface area contributed by atoms with E-state index in [0.717, 1.165) is 0 Å². The van der Waals surface area contributed by atoms with Crippen LogP contribution in [-0.4, -0.2) is 168 Å². The van der Waals surface area contributed by atoms with Crippen molar-refractivity contribution in [1.29, 1.82) is 0 Å². The third kappa shape index (κ3) is 5.68. The molecule has 16 heteroatoms. The summed E-state index contributed by atoms with van der Waals surface area (Å²) in [4.78, 5) is 0. The van der Waals surface area contributed by atoms with Gasteiger partial charge in [-0.3, -0.25) is 0 Å². The van der Waals surface area contributed by atoms with Gasteiger partial charge >= 0.3 is 0 Å². The zero-order chi connectivity index (χ0) is 25.3. The monoisotopic (exact) mass is 504 g/mol. The smallest absolute Gasteiger partial charge is 0.186 e. The van der Waals surface area contributed by atoms with Crippen molar-refractivity contribution in [3.05, 3.63) is 0 Å². The standard InChI is InChI=1S/C18H32O16/c19-1-5-7(21)9(23)13(27)18(32-5)31-3-6-8(22)10(24)14(28)17(33-6)30-2-4(20)15-11(25)12(26)16(29)34-15/h4-29H,1-3H2/t4-,5-,6-,7-,8-,9+,10+,11-,12-,13-,14-,15-,16+,17+,18+/m1/s1. The molecule has 0 aliphatic carbocycles. The van der Waals surface area contributed by atoms with E-state index >= 15 is 0 Å². The molecule has 3 saturated heterocycles. The van der Waals surface area contributed by atoms with Crippen LogP contribution in [0.2, 0.25) is 0 Å². The molecule has 11 N–H and O–H groups in total. The van der Waals surface area contributed by atoms with Crippen LogP contribution in [0.5, 0.6) is 0 Å². The molecule has 0 spiro atoms. The van der Waals surface area contributed by atoms with Gasteiger partial charge < -0.3 is 79.9 Å². The number of aliphatic hydroxyl groups is 11. The first kappa shape index (κ1) is 27.9. The molecule has 3 heterocycles. The fourth-order valence-electron chi connectivity index (χ4n) is 3.88. The molecule has 0 radical (unpaired) electrons. The molecule has 3 fully saturated rings. The molecule has 0 aromatic heterocycles. The molecule has 0 saturated carbocycles. The molecule has 0 amide bonds. The first-order valence-electron chi connectivity index (χ1n) is 10.6. The van der Waals surface area contributed by atoms with Crippen molar-refractivity contribution in [2.75, 3.05) is 19.8 Å². The molecule has 16 nitrogen and oxygen atoms in total. The number of rotatable bonds is 8. The lowest BCUT2D eigenvalue weighted by molar-refractivity contribution is -0.333. The van der Waals surface area contributed by atoms with E-state index in [4.69, 9.17) is 23.7 Å². The molecule has 0 aromatic carbocycles. The van der Waals surface area contributed by atoms with Crippen LogP contribution >= 0.6 is 0 Å². The quantitative estimate of drug-likeness (QED) is 0.146. The highest BCUT2D eigenvalue weighted by molar-refractivity contribution is 4.93. The van der Waals surface area contributed by atoms with E-state index in [1.165, 1.54) is 0 Å². The Morgan fingerprint density at radius 3 is 1.65 bits per heavy atom. The Kier molecular flexibility index (Phi) is 9.54. The highest BCUT2D eigenvalue weighted by Crippen LogP contribution is 2.27. The lowest BCUT2D eigenvalue weighted by atomic mass is 9.98. The molecule has 34 heavy (non-hydrogen) atoms. The van der Waals surface area contributed by atoms with E-state index in [2.05, 4.69) is 0 Å². The first-order chi connectivity index (χ1) is 16.0. The second-order valence-corrected chi connectivity index (χ2v) is 8.42. The maximum Gasteiger partial charge on any atom is 0.186 e. The highest BCUT2D eigenvalue weighted by Gasteiger charge is 2.49. The van der Waals surface area contributed by atoms with Crippen molar-refractivity contribution in [3.8, 4) is 0 Å². The molecule has 0 bridgehead atoms. The van der Waals surface area contributed by atoms with Gasteiger partial charge in [0.25, 0.3) is 0 Å². The number of aliphatic hydroxyl groups excluding tert-OH is 11. The van der Waals surface area contributed by atoms with Crippen LogP contribution in [0, 0.1) is 0 Å². The number of hydrogen-bond donors (Lipinski definition) is 11. The zero-order valence-corrected chi connectivity index (χ0v) is 17.7. The largest absolute Gasteiger partial charge is 0.394 e. The summed E-state index contributed by atoms with van der Waals surface area (Å²) >= 11 is 0. The van der Waals surface area contributed by atoms with E-state index in [0.29, 0.717) is 0 Å². The molecular weight excluding hydrogens is 472 g/mol. The van der Waals surface area contributed by atoms with Crippen molar-refractivity contribution < 1.29 is 79.9 Å². The van der Waals surface area contributed by atoms with E-state index in [9.17, 15) is 56.2 Å². The lowest BCUT2D eigenvalue weighted by Gasteiger charge is -2.42. The van der Waals surface area contributed by atoms with E-state index < -0.39 is 112 Å². The maximum absolute atomic E-state index is 10.2. The van der Waals surface area contributed by atoms with Gasteiger partial charge in [0.05, 0.1) is 19.8 Å². The van der Waals surface area contributed by atoms with Gasteiger partial charge in [0.15, 0.2) is 18.9 Å². The van der Waals surface area contributed by atoms with Crippen LogP contribution in [0.3, 0.4) is 0 Å². The Morgan fingerprint density at radius 2 is 1.12 bits per heavy atom. The second kappa shape index (κ2) is 11.6. The minimum absolute atomic E-state index is 0.571. The highest BCUT2D eigenvalue weighted by atomic mass is 16.7. The number of ether oxygens (including phenoxy) is 5. The van der Waals surface area contributed by atoms with E-state index in [1.54, 1.807) is 0 Å². The molecule has 3 aliphatic rings. The van der Waals surface area contributed by atoms with Gasteiger partial charge in [-0.15, -0.1) is 0 Å². The van der Waals surface area contributed by atoms with Crippen molar-refractivity contribution in [1.82, 2.24) is 0 Å². The van der Waals surface area contributed by atoms with E-state index in [1.807, 2.05) is 0 Å². The zero-order valence-electron chi connectivity index (χ0n) is 17.7. The van der Waals surface area contributed by atoms with Crippen LogP contribution in [0.25, 0.3) is 0 Å². The summed E-state index contributed by atoms with van der Waals surface area (Å²) in [5.41, 5.74) is 0. The summed E-state index contributed by atoms with van der Waals surface area (Å²) in [7, 11) is 0. The van der Waals surface area contributed by atoms with Gasteiger partial charge in [-0.25, -0.2) is 0 Å². The topological polar surface area (TPSA) is 269 Å². The second-order valence-electron chi connectivity index (χ2n) is 8.42. The minimum atomic E-state index is -1.80. The van der Waals surface area contributed by atoms with Crippen LogP contribution in [-0.2, 0) is 23.7 Å². The number of hydrogen-bond acceptors (Lipinski definition) is 16. The molecule has 15 atom stereocenters.